The molecule has 2 aromatic heterocycles. The van der Waals surface area contributed by atoms with Crippen LogP contribution in [0.5, 0.6) is 0 Å². The average Bonchev–Trinajstić information content (AvgIpc) is 3.19. The van der Waals surface area contributed by atoms with E-state index in [1.54, 1.807) is 29.2 Å². The highest BCUT2D eigenvalue weighted by Crippen LogP contribution is 2.09. The van der Waals surface area contributed by atoms with Gasteiger partial charge in [-0.05, 0) is 30.3 Å². The Morgan fingerprint density at radius 1 is 1.15 bits per heavy atom. The van der Waals surface area contributed by atoms with Gasteiger partial charge in [-0.1, -0.05) is 0 Å². The number of rotatable bonds is 7. The van der Waals surface area contributed by atoms with E-state index in [4.69, 9.17) is 5.14 Å². The van der Waals surface area contributed by atoms with Crippen LogP contribution >= 0.6 is 0 Å². The highest BCUT2D eigenvalue weighted by atomic mass is 32.2. The van der Waals surface area contributed by atoms with E-state index in [-0.39, 0.29) is 10.8 Å². The number of nitrogens with two attached hydrogens (primary N) is 1. The van der Waals surface area contributed by atoms with Crippen molar-refractivity contribution in [3.8, 4) is 5.82 Å². The lowest BCUT2D eigenvalue weighted by molar-refractivity contribution is 0.0955. The molecule has 1 amide bonds. The first-order chi connectivity index (χ1) is 12.9. The molecule has 0 aliphatic heterocycles. The highest BCUT2D eigenvalue weighted by Gasteiger charge is 2.10. The van der Waals surface area contributed by atoms with E-state index in [1.807, 2.05) is 0 Å². The summed E-state index contributed by atoms with van der Waals surface area (Å²) < 4.78 is 24.0. The van der Waals surface area contributed by atoms with Crippen LogP contribution in [0.1, 0.15) is 10.4 Å². The van der Waals surface area contributed by atoms with Crippen LogP contribution in [0.25, 0.3) is 5.82 Å². The van der Waals surface area contributed by atoms with E-state index in [0.717, 1.165) is 0 Å². The van der Waals surface area contributed by atoms with Crippen LogP contribution in [0.15, 0.2) is 60.0 Å². The number of carbonyl (C=O) groups is 1. The summed E-state index contributed by atoms with van der Waals surface area (Å²) >= 11 is 0. The monoisotopic (exact) mass is 387 g/mol. The molecule has 11 heteroatoms. The lowest BCUT2D eigenvalue weighted by Gasteiger charge is -2.08. The number of primary sulfonamides is 1. The van der Waals surface area contributed by atoms with Gasteiger partial charge in [0, 0.05) is 37.1 Å². The zero-order valence-corrected chi connectivity index (χ0v) is 14.9. The maximum atomic E-state index is 12.1. The maximum Gasteiger partial charge on any atom is 0.251 e. The van der Waals surface area contributed by atoms with Gasteiger partial charge in [0.2, 0.25) is 10.0 Å². The Morgan fingerprint density at radius 3 is 2.59 bits per heavy atom. The normalized spacial score (nSPS) is 11.1. The van der Waals surface area contributed by atoms with Crippen molar-refractivity contribution in [1.82, 2.24) is 25.1 Å². The largest absolute Gasteiger partial charge is 0.368 e. The summed E-state index contributed by atoms with van der Waals surface area (Å²) in [6.07, 6.45) is 4.85. The van der Waals surface area contributed by atoms with Crippen molar-refractivity contribution in [3.63, 3.8) is 0 Å². The molecule has 3 rings (SSSR count). The molecular formula is C16H17N7O3S. The average molecular weight is 387 g/mol. The Labute approximate surface area is 155 Å². The predicted molar refractivity (Wildman–Crippen MR) is 97.8 cm³/mol. The number of benzene rings is 1. The van der Waals surface area contributed by atoms with Crippen molar-refractivity contribution >= 4 is 21.7 Å². The molecule has 140 valence electrons. The minimum Gasteiger partial charge on any atom is -0.368 e. The van der Waals surface area contributed by atoms with E-state index < -0.39 is 10.0 Å². The second kappa shape index (κ2) is 7.93. The lowest BCUT2D eigenvalue weighted by Crippen LogP contribution is -2.29. The van der Waals surface area contributed by atoms with Crippen LogP contribution in [0.4, 0.5) is 5.82 Å². The summed E-state index contributed by atoms with van der Waals surface area (Å²) in [7, 11) is -3.78. The van der Waals surface area contributed by atoms with Gasteiger partial charge in [0.25, 0.3) is 5.91 Å². The van der Waals surface area contributed by atoms with E-state index in [0.29, 0.717) is 30.3 Å². The first kappa shape index (κ1) is 18.5. The summed E-state index contributed by atoms with van der Waals surface area (Å²) in [5.41, 5.74) is 0.338. The van der Waals surface area contributed by atoms with Gasteiger partial charge >= 0.3 is 0 Å². The molecule has 1 aromatic carbocycles. The third kappa shape index (κ3) is 4.86. The van der Waals surface area contributed by atoms with E-state index in [1.165, 1.54) is 30.6 Å². The minimum atomic E-state index is -3.78. The standard InChI is InChI=1S/C16H17N7O3S/c17-27(25,26)13-4-2-12(3-5-13)16(24)19-8-7-18-14-10-15(21-11-20-14)23-9-1-6-22-23/h1-6,9-11H,7-8H2,(H,19,24)(H2,17,25,26)(H,18,20,21). The van der Waals surface area contributed by atoms with Crippen LogP contribution in [0, 0.1) is 0 Å². The van der Waals surface area contributed by atoms with E-state index in [2.05, 4.69) is 25.7 Å². The quantitative estimate of drug-likeness (QED) is 0.489. The van der Waals surface area contributed by atoms with Crippen LogP contribution in [-0.4, -0.2) is 47.2 Å². The minimum absolute atomic E-state index is 0.0440. The van der Waals surface area contributed by atoms with Crippen LogP contribution < -0.4 is 15.8 Å². The molecular weight excluding hydrogens is 370 g/mol. The molecule has 2 heterocycles. The molecule has 0 bridgehead atoms. The molecule has 0 spiro atoms. The van der Waals surface area contributed by atoms with Crippen molar-refractivity contribution < 1.29 is 13.2 Å². The van der Waals surface area contributed by atoms with Crippen molar-refractivity contribution in [2.45, 2.75) is 4.90 Å². The Kier molecular flexibility index (Phi) is 5.43. The number of hydrogen-bond donors (Lipinski definition) is 3. The Morgan fingerprint density at radius 2 is 1.93 bits per heavy atom. The number of nitrogens with zero attached hydrogens (tertiary/aromatic N) is 4. The summed E-state index contributed by atoms with van der Waals surface area (Å²) in [6, 6.07) is 8.92. The molecule has 0 radical (unpaired) electrons. The molecule has 3 aromatic rings. The van der Waals surface area contributed by atoms with Crippen molar-refractivity contribution in [3.05, 3.63) is 60.7 Å². The van der Waals surface area contributed by atoms with Gasteiger partial charge < -0.3 is 10.6 Å². The van der Waals surface area contributed by atoms with Gasteiger partial charge in [-0.25, -0.2) is 28.2 Å². The number of amides is 1. The van der Waals surface area contributed by atoms with Gasteiger partial charge in [-0.3, -0.25) is 4.79 Å². The van der Waals surface area contributed by atoms with Crippen molar-refractivity contribution in [1.29, 1.82) is 0 Å². The van der Waals surface area contributed by atoms with Crippen LogP contribution in [0.3, 0.4) is 0 Å². The first-order valence-electron chi connectivity index (χ1n) is 7.90. The van der Waals surface area contributed by atoms with E-state index in [9.17, 15) is 13.2 Å². The fraction of sp³-hybridized carbons (Fsp3) is 0.125. The number of carbonyl (C=O) groups excluding carboxylic acids is 1. The molecule has 0 fully saturated rings. The van der Waals surface area contributed by atoms with E-state index >= 15 is 0 Å². The summed E-state index contributed by atoms with van der Waals surface area (Å²) in [5, 5.41) is 14.9. The van der Waals surface area contributed by atoms with Gasteiger partial charge in [0.05, 0.1) is 4.90 Å². The van der Waals surface area contributed by atoms with Crippen LogP contribution in [0.2, 0.25) is 0 Å². The van der Waals surface area contributed by atoms with Crippen molar-refractivity contribution in [2.75, 3.05) is 18.4 Å². The molecule has 10 nitrogen and oxygen atoms in total. The van der Waals surface area contributed by atoms with Gasteiger partial charge in [0.1, 0.15) is 12.1 Å². The molecule has 0 unspecified atom stereocenters. The molecule has 0 atom stereocenters. The highest BCUT2D eigenvalue weighted by molar-refractivity contribution is 7.89. The maximum absolute atomic E-state index is 12.1. The first-order valence-corrected chi connectivity index (χ1v) is 9.45. The van der Waals surface area contributed by atoms with Crippen molar-refractivity contribution in [2.24, 2.45) is 5.14 Å². The topological polar surface area (TPSA) is 145 Å². The Bertz CT molecular complexity index is 1020. The van der Waals surface area contributed by atoms with Gasteiger partial charge in [-0.2, -0.15) is 5.10 Å². The number of aromatic nitrogens is 4. The molecule has 4 N–H and O–H groups in total. The Balaban J connectivity index is 1.50. The molecule has 0 saturated carbocycles. The fourth-order valence-electron chi connectivity index (χ4n) is 2.24. The molecule has 27 heavy (non-hydrogen) atoms. The van der Waals surface area contributed by atoms with Crippen LogP contribution in [-0.2, 0) is 10.0 Å². The molecule has 0 saturated heterocycles. The summed E-state index contributed by atoms with van der Waals surface area (Å²) in [4.78, 5) is 20.3. The fourth-order valence-corrected chi connectivity index (χ4v) is 2.75. The molecule has 0 aliphatic carbocycles. The number of sulfonamides is 1. The second-order valence-corrected chi connectivity index (χ2v) is 7.03. The Hall–Kier alpha value is -3.31. The third-order valence-corrected chi connectivity index (χ3v) is 4.48. The second-order valence-electron chi connectivity index (χ2n) is 5.46. The zero-order valence-electron chi connectivity index (χ0n) is 14.1. The predicted octanol–water partition coefficient (Wildman–Crippen LogP) is 0.152. The zero-order chi connectivity index (χ0) is 19.3. The van der Waals surface area contributed by atoms with Gasteiger partial charge in [-0.15, -0.1) is 0 Å². The van der Waals surface area contributed by atoms with Gasteiger partial charge in [0.15, 0.2) is 5.82 Å². The third-order valence-electron chi connectivity index (χ3n) is 3.55. The molecule has 0 aliphatic rings. The number of hydrogen-bond acceptors (Lipinski definition) is 7. The number of anilines is 1. The lowest BCUT2D eigenvalue weighted by atomic mass is 10.2. The summed E-state index contributed by atoms with van der Waals surface area (Å²) in [5.74, 6) is 0.899. The SMILES string of the molecule is NS(=O)(=O)c1ccc(C(=O)NCCNc2cc(-n3cccn3)ncn2)cc1. The smallest absolute Gasteiger partial charge is 0.251 e. The number of nitrogens with one attached hydrogen (secondary N) is 2. The summed E-state index contributed by atoms with van der Waals surface area (Å²) in [6.45, 7) is 0.785.